The molecule has 0 radical (unpaired) electrons. The van der Waals surface area contributed by atoms with Gasteiger partial charge in [0.25, 0.3) is 5.91 Å². The second kappa shape index (κ2) is 5.75. The molecule has 2 aromatic rings. The number of aromatic nitrogens is 3. The summed E-state index contributed by atoms with van der Waals surface area (Å²) in [6, 6.07) is 1.87. The van der Waals surface area contributed by atoms with Crippen LogP contribution < -0.4 is 5.32 Å². The molecule has 0 aromatic carbocycles. The van der Waals surface area contributed by atoms with Gasteiger partial charge in [0.15, 0.2) is 5.65 Å². The van der Waals surface area contributed by atoms with Gasteiger partial charge in [-0.2, -0.15) is 5.10 Å². The SMILES string of the molecule is CCC(=O)N1CCCC1c1ccnc2c(C(=O)NC)cnn12. The molecular formula is C15H19N5O2. The summed E-state index contributed by atoms with van der Waals surface area (Å²) >= 11 is 0. The second-order valence-electron chi connectivity index (χ2n) is 5.34. The third-order valence-corrected chi connectivity index (χ3v) is 4.12. The molecular weight excluding hydrogens is 282 g/mol. The third-order valence-electron chi connectivity index (χ3n) is 4.12. The van der Waals surface area contributed by atoms with E-state index in [-0.39, 0.29) is 17.9 Å². The first-order valence-corrected chi connectivity index (χ1v) is 7.51. The smallest absolute Gasteiger partial charge is 0.256 e. The Labute approximate surface area is 128 Å². The van der Waals surface area contributed by atoms with Gasteiger partial charge < -0.3 is 10.2 Å². The Bertz CT molecular complexity index is 724. The molecule has 0 bridgehead atoms. The molecule has 3 heterocycles. The van der Waals surface area contributed by atoms with E-state index < -0.39 is 0 Å². The van der Waals surface area contributed by atoms with Crippen LogP contribution in [0.15, 0.2) is 18.5 Å². The molecule has 3 rings (SSSR count). The normalized spacial score (nSPS) is 17.9. The van der Waals surface area contributed by atoms with E-state index in [2.05, 4.69) is 15.4 Å². The number of carbonyl (C=O) groups is 2. The number of hydrogen-bond acceptors (Lipinski definition) is 4. The van der Waals surface area contributed by atoms with E-state index in [4.69, 9.17) is 0 Å². The highest BCUT2D eigenvalue weighted by molar-refractivity contribution is 5.99. The van der Waals surface area contributed by atoms with E-state index in [0.717, 1.165) is 25.1 Å². The molecule has 116 valence electrons. The number of rotatable bonds is 3. The molecule has 22 heavy (non-hydrogen) atoms. The fraction of sp³-hybridized carbons (Fsp3) is 0.467. The number of carbonyl (C=O) groups excluding carboxylic acids is 2. The van der Waals surface area contributed by atoms with Crippen LogP contribution in [-0.4, -0.2) is 44.9 Å². The van der Waals surface area contributed by atoms with Crippen LogP contribution in [0.25, 0.3) is 5.65 Å². The zero-order chi connectivity index (χ0) is 15.7. The van der Waals surface area contributed by atoms with Gasteiger partial charge in [0, 0.05) is 26.2 Å². The molecule has 1 unspecified atom stereocenters. The summed E-state index contributed by atoms with van der Waals surface area (Å²) in [6.07, 6.45) is 5.56. The average Bonchev–Trinajstić information content (AvgIpc) is 3.19. The minimum Gasteiger partial charge on any atom is -0.355 e. The lowest BCUT2D eigenvalue weighted by Gasteiger charge is -2.24. The molecule has 7 nitrogen and oxygen atoms in total. The summed E-state index contributed by atoms with van der Waals surface area (Å²) in [7, 11) is 1.58. The molecule has 2 aromatic heterocycles. The average molecular weight is 301 g/mol. The van der Waals surface area contributed by atoms with Gasteiger partial charge in [-0.15, -0.1) is 0 Å². The van der Waals surface area contributed by atoms with E-state index >= 15 is 0 Å². The van der Waals surface area contributed by atoms with Gasteiger partial charge >= 0.3 is 0 Å². The maximum Gasteiger partial charge on any atom is 0.256 e. The lowest BCUT2D eigenvalue weighted by Crippen LogP contribution is -2.31. The van der Waals surface area contributed by atoms with Crippen LogP contribution in [0.1, 0.15) is 48.3 Å². The predicted molar refractivity (Wildman–Crippen MR) is 80.4 cm³/mol. The summed E-state index contributed by atoms with van der Waals surface area (Å²) < 4.78 is 1.68. The molecule has 1 aliphatic rings. The predicted octanol–water partition coefficient (Wildman–Crippen LogP) is 1.16. The largest absolute Gasteiger partial charge is 0.355 e. The minimum atomic E-state index is -0.215. The Morgan fingerprint density at radius 2 is 2.27 bits per heavy atom. The quantitative estimate of drug-likeness (QED) is 0.922. The number of fused-ring (bicyclic) bond motifs is 1. The Balaban J connectivity index is 2.06. The van der Waals surface area contributed by atoms with Crippen molar-refractivity contribution in [2.45, 2.75) is 32.2 Å². The summed E-state index contributed by atoms with van der Waals surface area (Å²) in [5, 5.41) is 6.90. The zero-order valence-corrected chi connectivity index (χ0v) is 12.7. The monoisotopic (exact) mass is 301 g/mol. The molecule has 1 atom stereocenters. The first-order valence-electron chi connectivity index (χ1n) is 7.51. The fourth-order valence-electron chi connectivity index (χ4n) is 3.03. The van der Waals surface area contributed by atoms with Crippen LogP contribution >= 0.6 is 0 Å². The Morgan fingerprint density at radius 1 is 1.45 bits per heavy atom. The first-order chi connectivity index (χ1) is 10.7. The molecule has 0 saturated carbocycles. The summed E-state index contributed by atoms with van der Waals surface area (Å²) in [4.78, 5) is 30.1. The molecule has 7 heteroatoms. The highest BCUT2D eigenvalue weighted by Crippen LogP contribution is 2.32. The van der Waals surface area contributed by atoms with Crippen LogP contribution in [0.4, 0.5) is 0 Å². The zero-order valence-electron chi connectivity index (χ0n) is 12.7. The van der Waals surface area contributed by atoms with Crippen molar-refractivity contribution in [3.8, 4) is 0 Å². The lowest BCUT2D eigenvalue weighted by atomic mass is 10.1. The number of amides is 2. The minimum absolute atomic E-state index is 0.00427. The summed E-state index contributed by atoms with van der Waals surface area (Å²) in [5.74, 6) is -0.0706. The molecule has 1 N–H and O–H groups in total. The van der Waals surface area contributed by atoms with Crippen LogP contribution in [0.3, 0.4) is 0 Å². The maximum absolute atomic E-state index is 12.1. The number of nitrogens with one attached hydrogen (secondary N) is 1. The van der Waals surface area contributed by atoms with Gasteiger partial charge in [0.2, 0.25) is 5.91 Å². The van der Waals surface area contributed by atoms with Crippen molar-refractivity contribution >= 4 is 17.5 Å². The number of nitrogens with zero attached hydrogens (tertiary/aromatic N) is 4. The van der Waals surface area contributed by atoms with Gasteiger partial charge in [-0.1, -0.05) is 6.92 Å². The number of likely N-dealkylation sites (tertiary alicyclic amines) is 1. The van der Waals surface area contributed by atoms with Crippen LogP contribution in [-0.2, 0) is 4.79 Å². The second-order valence-corrected chi connectivity index (χ2v) is 5.34. The standard InChI is InChI=1S/C15H19N5O2/c1-3-13(21)19-8-4-5-11(19)12-6-7-17-14-10(15(22)16-2)9-18-20(12)14/h6-7,9,11H,3-5,8H2,1-2H3,(H,16,22). The molecule has 1 fully saturated rings. The maximum atomic E-state index is 12.1. The van der Waals surface area contributed by atoms with Crippen molar-refractivity contribution in [1.29, 1.82) is 0 Å². The van der Waals surface area contributed by atoms with Gasteiger partial charge in [-0.05, 0) is 18.9 Å². The molecule has 2 amide bonds. The summed E-state index contributed by atoms with van der Waals surface area (Å²) in [6.45, 7) is 2.64. The Morgan fingerprint density at radius 3 is 3.00 bits per heavy atom. The van der Waals surface area contributed by atoms with Gasteiger partial charge in [0.1, 0.15) is 5.56 Å². The fourth-order valence-corrected chi connectivity index (χ4v) is 3.03. The van der Waals surface area contributed by atoms with Gasteiger partial charge in [-0.3, -0.25) is 9.59 Å². The topological polar surface area (TPSA) is 79.6 Å². The van der Waals surface area contributed by atoms with Gasteiger partial charge in [-0.25, -0.2) is 9.50 Å². The van der Waals surface area contributed by atoms with Crippen molar-refractivity contribution < 1.29 is 9.59 Å². The van der Waals surface area contributed by atoms with Crippen molar-refractivity contribution in [3.05, 3.63) is 29.7 Å². The van der Waals surface area contributed by atoms with Crippen LogP contribution in [0.2, 0.25) is 0 Å². The summed E-state index contributed by atoms with van der Waals surface area (Å²) in [5.41, 5.74) is 1.86. The van der Waals surface area contributed by atoms with E-state index in [0.29, 0.717) is 17.6 Å². The first kappa shape index (κ1) is 14.5. The van der Waals surface area contributed by atoms with Crippen molar-refractivity contribution in [1.82, 2.24) is 24.8 Å². The highest BCUT2D eigenvalue weighted by atomic mass is 16.2. The number of hydrogen-bond donors (Lipinski definition) is 1. The highest BCUT2D eigenvalue weighted by Gasteiger charge is 2.31. The van der Waals surface area contributed by atoms with Gasteiger partial charge in [0.05, 0.1) is 17.9 Å². The van der Waals surface area contributed by atoms with Crippen molar-refractivity contribution in [3.63, 3.8) is 0 Å². The Kier molecular flexibility index (Phi) is 3.79. The van der Waals surface area contributed by atoms with Crippen LogP contribution in [0, 0.1) is 0 Å². The van der Waals surface area contributed by atoms with Crippen LogP contribution in [0.5, 0.6) is 0 Å². The lowest BCUT2D eigenvalue weighted by molar-refractivity contribution is -0.131. The van der Waals surface area contributed by atoms with Crippen molar-refractivity contribution in [2.24, 2.45) is 0 Å². The molecule has 0 aliphatic carbocycles. The molecule has 1 aliphatic heterocycles. The van der Waals surface area contributed by atoms with E-state index in [1.54, 1.807) is 17.8 Å². The third kappa shape index (κ3) is 2.22. The van der Waals surface area contributed by atoms with E-state index in [1.165, 1.54) is 6.20 Å². The van der Waals surface area contributed by atoms with Crippen molar-refractivity contribution in [2.75, 3.05) is 13.6 Å². The molecule has 0 spiro atoms. The van der Waals surface area contributed by atoms with E-state index in [9.17, 15) is 9.59 Å². The van der Waals surface area contributed by atoms with E-state index in [1.807, 2.05) is 17.9 Å². The Hall–Kier alpha value is -2.44. The molecule has 1 saturated heterocycles.